The van der Waals surface area contributed by atoms with Crippen molar-refractivity contribution in [2.24, 2.45) is 5.41 Å². The van der Waals surface area contributed by atoms with Crippen LogP contribution >= 0.6 is 0 Å². The second-order valence-electron chi connectivity index (χ2n) is 10.2. The van der Waals surface area contributed by atoms with Crippen molar-refractivity contribution in [1.82, 2.24) is 0 Å². The van der Waals surface area contributed by atoms with Gasteiger partial charge in [0, 0.05) is 5.56 Å². The predicted octanol–water partition coefficient (Wildman–Crippen LogP) is 7.07. The molecule has 2 aromatic rings. The Morgan fingerprint density at radius 1 is 0.760 bits per heavy atom. The standard InChI is InChI=1S/C24H34O/c1-22(2,3)16-24(7,8)19-12-13-21(25)20(15-19)17-10-9-11-18(14-17)23(4,5)6/h9-15,25H,16H2,1-8H3. The van der Waals surface area contributed by atoms with Crippen LogP contribution in [-0.4, -0.2) is 5.11 Å². The van der Waals surface area contributed by atoms with Gasteiger partial charge in [0.2, 0.25) is 0 Å². The van der Waals surface area contributed by atoms with E-state index in [1.165, 1.54) is 11.1 Å². The van der Waals surface area contributed by atoms with Gasteiger partial charge < -0.3 is 5.11 Å². The summed E-state index contributed by atoms with van der Waals surface area (Å²) in [4.78, 5) is 0. The highest BCUT2D eigenvalue weighted by Gasteiger charge is 2.28. The van der Waals surface area contributed by atoms with Crippen molar-refractivity contribution in [3.8, 4) is 16.9 Å². The number of benzene rings is 2. The Bertz CT molecular complexity index is 739. The van der Waals surface area contributed by atoms with E-state index in [4.69, 9.17) is 0 Å². The van der Waals surface area contributed by atoms with Crippen LogP contribution in [0.3, 0.4) is 0 Å². The lowest BCUT2D eigenvalue weighted by atomic mass is 9.72. The lowest BCUT2D eigenvalue weighted by molar-refractivity contribution is 0.284. The van der Waals surface area contributed by atoms with E-state index in [2.05, 4.69) is 91.8 Å². The SMILES string of the molecule is CC(C)(C)CC(C)(C)c1ccc(O)c(-c2cccc(C(C)(C)C)c2)c1. The Morgan fingerprint density at radius 2 is 1.40 bits per heavy atom. The van der Waals surface area contributed by atoms with Crippen LogP contribution in [0.4, 0.5) is 0 Å². The molecule has 0 unspecified atom stereocenters. The summed E-state index contributed by atoms with van der Waals surface area (Å²) in [6, 6.07) is 14.6. The number of rotatable bonds is 3. The highest BCUT2D eigenvalue weighted by molar-refractivity contribution is 5.72. The number of aromatic hydroxyl groups is 1. The van der Waals surface area contributed by atoms with E-state index >= 15 is 0 Å². The number of hydrogen-bond acceptors (Lipinski definition) is 1. The lowest BCUT2D eigenvalue weighted by Gasteiger charge is -2.33. The van der Waals surface area contributed by atoms with Gasteiger partial charge >= 0.3 is 0 Å². The van der Waals surface area contributed by atoms with E-state index in [1.54, 1.807) is 0 Å². The maximum Gasteiger partial charge on any atom is 0.123 e. The Hall–Kier alpha value is -1.76. The summed E-state index contributed by atoms with van der Waals surface area (Å²) in [6.07, 6.45) is 1.09. The zero-order valence-electron chi connectivity index (χ0n) is 17.2. The molecule has 0 aromatic heterocycles. The first-order valence-corrected chi connectivity index (χ1v) is 9.24. The summed E-state index contributed by atoms with van der Waals surface area (Å²) in [5.41, 5.74) is 4.97. The van der Waals surface area contributed by atoms with E-state index in [0.29, 0.717) is 5.75 Å². The van der Waals surface area contributed by atoms with Crippen LogP contribution in [0.15, 0.2) is 42.5 Å². The van der Waals surface area contributed by atoms with E-state index in [1.807, 2.05) is 6.07 Å². The molecule has 1 heteroatoms. The fourth-order valence-corrected chi connectivity index (χ4v) is 3.77. The first kappa shape index (κ1) is 19.6. The van der Waals surface area contributed by atoms with E-state index in [9.17, 15) is 5.11 Å². The van der Waals surface area contributed by atoms with Gasteiger partial charge in [-0.15, -0.1) is 0 Å². The van der Waals surface area contributed by atoms with E-state index < -0.39 is 0 Å². The third-order valence-corrected chi connectivity index (χ3v) is 4.79. The highest BCUT2D eigenvalue weighted by Crippen LogP contribution is 2.40. The summed E-state index contributed by atoms with van der Waals surface area (Å²) in [6.45, 7) is 18.1. The third-order valence-electron chi connectivity index (χ3n) is 4.79. The largest absolute Gasteiger partial charge is 0.507 e. The molecule has 0 aliphatic rings. The van der Waals surface area contributed by atoms with Gasteiger partial charge in [-0.25, -0.2) is 0 Å². The monoisotopic (exact) mass is 338 g/mol. The quantitative estimate of drug-likeness (QED) is 0.634. The molecule has 0 saturated heterocycles. The Labute approximate surface area is 154 Å². The van der Waals surface area contributed by atoms with Crippen molar-refractivity contribution in [3.63, 3.8) is 0 Å². The normalized spacial score (nSPS) is 13.1. The summed E-state index contributed by atoms with van der Waals surface area (Å²) in [7, 11) is 0. The number of hydrogen-bond donors (Lipinski definition) is 1. The second-order valence-corrected chi connectivity index (χ2v) is 10.2. The van der Waals surface area contributed by atoms with Gasteiger partial charge in [-0.3, -0.25) is 0 Å². The second kappa shape index (κ2) is 6.52. The molecule has 136 valence electrons. The smallest absolute Gasteiger partial charge is 0.123 e. The molecular weight excluding hydrogens is 304 g/mol. The third kappa shape index (κ3) is 4.87. The van der Waals surface area contributed by atoms with Crippen LogP contribution < -0.4 is 0 Å². The molecule has 2 rings (SSSR count). The Kier molecular flexibility index (Phi) is 5.10. The van der Waals surface area contributed by atoms with Gasteiger partial charge in [0.15, 0.2) is 0 Å². The maximum absolute atomic E-state index is 10.5. The molecule has 0 aliphatic carbocycles. The van der Waals surface area contributed by atoms with Crippen molar-refractivity contribution in [3.05, 3.63) is 53.6 Å². The van der Waals surface area contributed by atoms with Crippen molar-refractivity contribution in [1.29, 1.82) is 0 Å². The molecule has 25 heavy (non-hydrogen) atoms. The average molecular weight is 339 g/mol. The van der Waals surface area contributed by atoms with E-state index in [0.717, 1.165) is 17.5 Å². The molecule has 0 bridgehead atoms. The van der Waals surface area contributed by atoms with Crippen molar-refractivity contribution in [2.45, 2.75) is 72.6 Å². The van der Waals surface area contributed by atoms with E-state index in [-0.39, 0.29) is 16.2 Å². The van der Waals surface area contributed by atoms with Crippen molar-refractivity contribution >= 4 is 0 Å². The molecule has 0 radical (unpaired) electrons. The molecule has 1 N–H and O–H groups in total. The van der Waals surface area contributed by atoms with Crippen LogP contribution in [0, 0.1) is 5.41 Å². The molecule has 0 aliphatic heterocycles. The molecule has 0 fully saturated rings. The summed E-state index contributed by atoms with van der Waals surface area (Å²) < 4.78 is 0. The average Bonchev–Trinajstić information content (AvgIpc) is 2.44. The van der Waals surface area contributed by atoms with Crippen molar-refractivity contribution in [2.75, 3.05) is 0 Å². The minimum atomic E-state index is 0.0579. The van der Waals surface area contributed by atoms with Gasteiger partial charge in [0.25, 0.3) is 0 Å². The minimum absolute atomic E-state index is 0.0579. The Morgan fingerprint density at radius 3 is 1.96 bits per heavy atom. The van der Waals surface area contributed by atoms with Crippen molar-refractivity contribution < 1.29 is 5.11 Å². The van der Waals surface area contributed by atoms with Gasteiger partial charge in [-0.05, 0) is 51.5 Å². The van der Waals surface area contributed by atoms with Gasteiger partial charge in [-0.2, -0.15) is 0 Å². The number of phenols is 1. The topological polar surface area (TPSA) is 20.2 Å². The zero-order chi connectivity index (χ0) is 19.0. The maximum atomic E-state index is 10.5. The minimum Gasteiger partial charge on any atom is -0.507 e. The molecule has 0 atom stereocenters. The van der Waals surface area contributed by atoms with Gasteiger partial charge in [-0.1, -0.05) is 85.7 Å². The first-order chi connectivity index (χ1) is 11.3. The van der Waals surface area contributed by atoms with Crippen LogP contribution in [-0.2, 0) is 10.8 Å². The zero-order valence-corrected chi connectivity index (χ0v) is 17.2. The molecule has 2 aromatic carbocycles. The highest BCUT2D eigenvalue weighted by atomic mass is 16.3. The summed E-state index contributed by atoms with van der Waals surface area (Å²) >= 11 is 0. The fourth-order valence-electron chi connectivity index (χ4n) is 3.77. The molecule has 0 spiro atoms. The van der Waals surface area contributed by atoms with Crippen LogP contribution in [0.2, 0.25) is 0 Å². The lowest BCUT2D eigenvalue weighted by Crippen LogP contribution is -2.24. The van der Waals surface area contributed by atoms with Gasteiger partial charge in [0.1, 0.15) is 5.75 Å². The molecule has 0 amide bonds. The van der Waals surface area contributed by atoms with Crippen LogP contribution in [0.5, 0.6) is 5.75 Å². The van der Waals surface area contributed by atoms with Crippen LogP contribution in [0.1, 0.15) is 72.9 Å². The molecule has 0 saturated carbocycles. The summed E-state index contributed by atoms with van der Waals surface area (Å²) in [5, 5.41) is 10.5. The molecular formula is C24H34O. The van der Waals surface area contributed by atoms with Gasteiger partial charge in [0.05, 0.1) is 0 Å². The van der Waals surface area contributed by atoms with Crippen LogP contribution in [0.25, 0.3) is 11.1 Å². The summed E-state index contributed by atoms with van der Waals surface area (Å²) in [5.74, 6) is 0.348. The molecule has 1 nitrogen and oxygen atoms in total. The first-order valence-electron chi connectivity index (χ1n) is 9.24. The fraction of sp³-hybridized carbons (Fsp3) is 0.500. The number of phenolic OH excluding ortho intramolecular Hbond substituents is 1. The Balaban J connectivity index is 2.50. The molecule has 0 heterocycles. The predicted molar refractivity (Wildman–Crippen MR) is 109 cm³/mol.